The van der Waals surface area contributed by atoms with Crippen molar-refractivity contribution >= 4 is 5.78 Å². The third-order valence-electron chi connectivity index (χ3n) is 2.87. The Balaban J connectivity index is 4.31. The van der Waals surface area contributed by atoms with Crippen LogP contribution in [0.5, 0.6) is 0 Å². The zero-order chi connectivity index (χ0) is 12.6. The fourth-order valence-electron chi connectivity index (χ4n) is 1.53. The first-order chi connectivity index (χ1) is 7.41. The van der Waals surface area contributed by atoms with Gasteiger partial charge in [0.2, 0.25) is 0 Å². The van der Waals surface area contributed by atoms with Crippen LogP contribution in [0.15, 0.2) is 5.11 Å². The van der Waals surface area contributed by atoms with Crippen LogP contribution in [0, 0.1) is 11.3 Å². The lowest BCUT2D eigenvalue weighted by Gasteiger charge is -2.28. The number of unbranched alkanes of at least 4 members (excludes halogenated alkanes) is 1. The van der Waals surface area contributed by atoms with E-state index in [-0.39, 0.29) is 17.1 Å². The van der Waals surface area contributed by atoms with Gasteiger partial charge in [-0.1, -0.05) is 39.2 Å². The number of carbonyl (C=O) groups excluding carboxylic acids is 1. The van der Waals surface area contributed by atoms with E-state index in [0.717, 1.165) is 12.8 Å². The molecule has 0 rings (SSSR count). The molecule has 4 heteroatoms. The minimum absolute atomic E-state index is 0.00998. The summed E-state index contributed by atoms with van der Waals surface area (Å²) < 4.78 is 0. The summed E-state index contributed by atoms with van der Waals surface area (Å²) in [4.78, 5) is 14.5. The first-order valence-electron chi connectivity index (χ1n) is 5.94. The van der Waals surface area contributed by atoms with Gasteiger partial charge in [-0.2, -0.15) is 0 Å². The van der Waals surface area contributed by atoms with E-state index in [4.69, 9.17) is 5.53 Å². The van der Waals surface area contributed by atoms with Gasteiger partial charge < -0.3 is 0 Å². The normalized spacial score (nSPS) is 13.0. The molecule has 0 aromatic rings. The van der Waals surface area contributed by atoms with Gasteiger partial charge in [-0.3, -0.25) is 4.79 Å². The summed E-state index contributed by atoms with van der Waals surface area (Å²) in [7, 11) is 0. The maximum Gasteiger partial charge on any atom is 0.133 e. The van der Waals surface area contributed by atoms with Gasteiger partial charge in [0.15, 0.2) is 0 Å². The molecular weight excluding hydrogens is 202 g/mol. The van der Waals surface area contributed by atoms with Crippen LogP contribution in [-0.2, 0) is 4.79 Å². The highest BCUT2D eigenvalue weighted by Crippen LogP contribution is 2.29. The Morgan fingerprint density at radius 3 is 2.50 bits per heavy atom. The van der Waals surface area contributed by atoms with E-state index < -0.39 is 0 Å². The molecule has 0 saturated heterocycles. The smallest absolute Gasteiger partial charge is 0.133 e. The third-order valence-corrected chi connectivity index (χ3v) is 2.87. The van der Waals surface area contributed by atoms with Crippen LogP contribution in [0.2, 0.25) is 0 Å². The van der Waals surface area contributed by atoms with Crippen molar-refractivity contribution < 1.29 is 4.79 Å². The molecule has 92 valence electrons. The van der Waals surface area contributed by atoms with Crippen molar-refractivity contribution in [1.29, 1.82) is 0 Å². The molecule has 0 spiro atoms. The molecule has 0 saturated carbocycles. The van der Waals surface area contributed by atoms with Crippen molar-refractivity contribution in [3.8, 4) is 0 Å². The van der Waals surface area contributed by atoms with Crippen molar-refractivity contribution in [2.45, 2.75) is 53.4 Å². The van der Waals surface area contributed by atoms with E-state index >= 15 is 0 Å². The second-order valence-corrected chi connectivity index (χ2v) is 5.32. The monoisotopic (exact) mass is 225 g/mol. The van der Waals surface area contributed by atoms with Crippen LogP contribution in [0.3, 0.4) is 0 Å². The van der Waals surface area contributed by atoms with E-state index in [1.54, 1.807) is 0 Å². The number of carbonyl (C=O) groups is 1. The summed E-state index contributed by atoms with van der Waals surface area (Å²) in [5.74, 6) is 0.433. The van der Waals surface area contributed by atoms with E-state index in [2.05, 4.69) is 37.7 Å². The van der Waals surface area contributed by atoms with Gasteiger partial charge >= 0.3 is 0 Å². The van der Waals surface area contributed by atoms with Gasteiger partial charge in [-0.25, -0.2) is 0 Å². The molecule has 0 amide bonds. The highest BCUT2D eigenvalue weighted by Gasteiger charge is 2.25. The SMILES string of the molecule is CCCCC(=O)CC(CN=[N+]=[N-])C(C)(C)C. The van der Waals surface area contributed by atoms with Gasteiger partial charge in [0, 0.05) is 24.3 Å². The zero-order valence-electron chi connectivity index (χ0n) is 10.9. The molecule has 1 atom stereocenters. The van der Waals surface area contributed by atoms with E-state index in [1.165, 1.54) is 0 Å². The number of Topliss-reactive ketones (excluding diaryl/α,β-unsaturated/α-hetero) is 1. The van der Waals surface area contributed by atoms with Crippen molar-refractivity contribution in [1.82, 2.24) is 0 Å². The number of hydrogen-bond donors (Lipinski definition) is 0. The van der Waals surface area contributed by atoms with Crippen molar-refractivity contribution in [3.05, 3.63) is 10.4 Å². The highest BCUT2D eigenvalue weighted by atomic mass is 16.1. The molecule has 0 aliphatic heterocycles. The predicted octanol–water partition coefficient (Wildman–Crippen LogP) is 4.11. The second kappa shape index (κ2) is 7.29. The Bertz CT molecular complexity index is 262. The molecule has 0 fully saturated rings. The molecular formula is C12H23N3O. The maximum atomic E-state index is 11.7. The number of ketones is 1. The molecule has 16 heavy (non-hydrogen) atoms. The fraction of sp³-hybridized carbons (Fsp3) is 0.917. The Kier molecular flexibility index (Phi) is 6.82. The minimum Gasteiger partial charge on any atom is -0.300 e. The number of nitrogens with zero attached hydrogens (tertiary/aromatic N) is 3. The first kappa shape index (κ1) is 15.0. The van der Waals surface area contributed by atoms with Crippen LogP contribution in [0.25, 0.3) is 10.4 Å². The summed E-state index contributed by atoms with van der Waals surface area (Å²) in [6.45, 7) is 8.74. The average Bonchev–Trinajstić information content (AvgIpc) is 2.19. The molecule has 0 aromatic heterocycles. The third kappa shape index (κ3) is 6.46. The molecule has 1 unspecified atom stereocenters. The first-order valence-corrected chi connectivity index (χ1v) is 5.94. The van der Waals surface area contributed by atoms with Crippen molar-refractivity contribution in [3.63, 3.8) is 0 Å². The number of hydrogen-bond acceptors (Lipinski definition) is 2. The largest absolute Gasteiger partial charge is 0.300 e. The topological polar surface area (TPSA) is 65.8 Å². The summed E-state index contributed by atoms with van der Waals surface area (Å²) >= 11 is 0. The van der Waals surface area contributed by atoms with Crippen molar-refractivity contribution in [2.24, 2.45) is 16.4 Å². The Morgan fingerprint density at radius 2 is 2.06 bits per heavy atom. The standard InChI is InChI=1S/C12H23N3O/c1-5-6-7-11(16)8-10(9-14-15-13)12(2,3)4/h10H,5-9H2,1-4H3. The fourth-order valence-corrected chi connectivity index (χ4v) is 1.53. The van der Waals surface area contributed by atoms with Crippen LogP contribution in [-0.4, -0.2) is 12.3 Å². The molecule has 0 heterocycles. The molecule has 4 nitrogen and oxygen atoms in total. The minimum atomic E-state index is 0.00998. The Morgan fingerprint density at radius 1 is 1.44 bits per heavy atom. The Labute approximate surface area is 98.0 Å². The van der Waals surface area contributed by atoms with Gasteiger partial charge in [0.1, 0.15) is 5.78 Å². The lowest BCUT2D eigenvalue weighted by Crippen LogP contribution is -2.25. The van der Waals surface area contributed by atoms with E-state index in [9.17, 15) is 4.79 Å². The Hall–Kier alpha value is -1.02. The molecule has 0 bridgehead atoms. The molecule has 0 N–H and O–H groups in total. The second-order valence-electron chi connectivity index (χ2n) is 5.32. The average molecular weight is 225 g/mol. The number of rotatable bonds is 7. The summed E-state index contributed by atoms with van der Waals surface area (Å²) in [6.07, 6.45) is 3.18. The van der Waals surface area contributed by atoms with Gasteiger partial charge in [0.05, 0.1) is 0 Å². The highest BCUT2D eigenvalue weighted by molar-refractivity contribution is 5.78. The summed E-state index contributed by atoms with van der Waals surface area (Å²) in [5.41, 5.74) is 8.34. The van der Waals surface area contributed by atoms with Gasteiger partial charge in [0.25, 0.3) is 0 Å². The van der Waals surface area contributed by atoms with E-state index in [1.807, 2.05) is 0 Å². The molecule has 0 radical (unpaired) electrons. The van der Waals surface area contributed by atoms with Gasteiger partial charge in [-0.05, 0) is 23.3 Å². The molecule has 0 aromatic carbocycles. The molecule has 0 aliphatic rings. The van der Waals surface area contributed by atoms with Crippen molar-refractivity contribution in [2.75, 3.05) is 6.54 Å². The lowest BCUT2D eigenvalue weighted by atomic mass is 9.77. The van der Waals surface area contributed by atoms with Crippen LogP contribution >= 0.6 is 0 Å². The van der Waals surface area contributed by atoms with Crippen LogP contribution in [0.1, 0.15) is 53.4 Å². The maximum absolute atomic E-state index is 11.7. The number of azide groups is 1. The summed E-state index contributed by atoms with van der Waals surface area (Å²) in [5, 5.41) is 3.60. The lowest BCUT2D eigenvalue weighted by molar-refractivity contribution is -0.120. The quantitative estimate of drug-likeness (QED) is 0.365. The van der Waals surface area contributed by atoms with Crippen LogP contribution < -0.4 is 0 Å². The van der Waals surface area contributed by atoms with Gasteiger partial charge in [-0.15, -0.1) is 0 Å². The zero-order valence-corrected chi connectivity index (χ0v) is 10.9. The predicted molar refractivity (Wildman–Crippen MR) is 66.1 cm³/mol. The summed E-state index contributed by atoms with van der Waals surface area (Å²) in [6, 6.07) is 0. The molecule has 0 aliphatic carbocycles. The van der Waals surface area contributed by atoms with Crippen LogP contribution in [0.4, 0.5) is 0 Å². The van der Waals surface area contributed by atoms with E-state index in [0.29, 0.717) is 19.4 Å².